The lowest BCUT2D eigenvalue weighted by molar-refractivity contribution is -0.142. The molecule has 0 saturated heterocycles. The van der Waals surface area contributed by atoms with Gasteiger partial charge in [0.25, 0.3) is 0 Å². The third-order valence-corrected chi connectivity index (χ3v) is 4.76. The van der Waals surface area contributed by atoms with Gasteiger partial charge in [-0.2, -0.15) is 0 Å². The Morgan fingerprint density at radius 2 is 1.93 bits per heavy atom. The number of benzene rings is 1. The maximum Gasteiger partial charge on any atom is 0.339 e. The first-order valence-electron chi connectivity index (χ1n) is 9.03. The molecule has 0 radical (unpaired) electrons. The first-order valence-corrected chi connectivity index (χ1v) is 9.03. The van der Waals surface area contributed by atoms with E-state index in [1.54, 1.807) is 19.9 Å². The van der Waals surface area contributed by atoms with Crippen LogP contribution in [-0.4, -0.2) is 28.1 Å². The Morgan fingerprint density at radius 1 is 1.22 bits per heavy atom. The SMILES string of the molecule is CCCCC(NC(=O)CCc1c(C)c2ccc(O)c(C)c2oc1=O)C(=O)O. The second-order valence-corrected chi connectivity index (χ2v) is 6.68. The van der Waals surface area contributed by atoms with Gasteiger partial charge in [-0.05, 0) is 44.4 Å². The van der Waals surface area contributed by atoms with Crippen LogP contribution in [-0.2, 0) is 16.0 Å². The van der Waals surface area contributed by atoms with E-state index in [4.69, 9.17) is 4.42 Å². The maximum absolute atomic E-state index is 12.3. The number of phenolic OH excluding ortho intramolecular Hbond substituents is 1. The third kappa shape index (κ3) is 4.67. The molecule has 1 aromatic carbocycles. The molecule has 1 amide bonds. The smallest absolute Gasteiger partial charge is 0.339 e. The molecule has 3 N–H and O–H groups in total. The van der Waals surface area contributed by atoms with Crippen LogP contribution in [0.2, 0.25) is 0 Å². The van der Waals surface area contributed by atoms with Crippen LogP contribution < -0.4 is 10.9 Å². The molecule has 0 aliphatic heterocycles. The molecule has 2 rings (SSSR count). The van der Waals surface area contributed by atoms with Crippen LogP contribution in [0.4, 0.5) is 0 Å². The summed E-state index contributed by atoms with van der Waals surface area (Å²) < 4.78 is 5.35. The van der Waals surface area contributed by atoms with Crippen LogP contribution in [0.15, 0.2) is 21.3 Å². The molecular weight excluding hydrogens is 350 g/mol. The van der Waals surface area contributed by atoms with E-state index in [-0.39, 0.29) is 18.6 Å². The number of hydrogen-bond acceptors (Lipinski definition) is 5. The fourth-order valence-corrected chi connectivity index (χ4v) is 3.04. The molecule has 0 aliphatic carbocycles. The highest BCUT2D eigenvalue weighted by Crippen LogP contribution is 2.28. The molecule has 0 bridgehead atoms. The molecule has 1 aromatic heterocycles. The van der Waals surface area contributed by atoms with Gasteiger partial charge < -0.3 is 19.9 Å². The third-order valence-electron chi connectivity index (χ3n) is 4.76. The van der Waals surface area contributed by atoms with Crippen molar-refractivity contribution < 1.29 is 24.2 Å². The van der Waals surface area contributed by atoms with Crippen molar-refractivity contribution in [1.82, 2.24) is 5.32 Å². The van der Waals surface area contributed by atoms with E-state index >= 15 is 0 Å². The molecular formula is C20H25NO6. The Labute approximate surface area is 157 Å². The van der Waals surface area contributed by atoms with Crippen LogP contribution in [0.3, 0.4) is 0 Å². The van der Waals surface area contributed by atoms with E-state index < -0.39 is 23.5 Å². The molecule has 1 unspecified atom stereocenters. The van der Waals surface area contributed by atoms with E-state index in [1.165, 1.54) is 6.07 Å². The molecule has 1 atom stereocenters. The summed E-state index contributed by atoms with van der Waals surface area (Å²) in [5.74, 6) is -1.43. The number of aliphatic carboxylic acids is 1. The number of carbonyl (C=O) groups is 2. The minimum Gasteiger partial charge on any atom is -0.508 e. The topological polar surface area (TPSA) is 117 Å². The van der Waals surface area contributed by atoms with Gasteiger partial charge in [-0.1, -0.05) is 19.8 Å². The highest BCUT2D eigenvalue weighted by molar-refractivity contribution is 5.86. The summed E-state index contributed by atoms with van der Waals surface area (Å²) >= 11 is 0. The normalized spacial score (nSPS) is 12.1. The largest absolute Gasteiger partial charge is 0.508 e. The number of carboxylic acid groups (broad SMARTS) is 1. The Bertz CT molecular complexity index is 915. The van der Waals surface area contributed by atoms with Crippen molar-refractivity contribution in [2.75, 3.05) is 0 Å². The standard InChI is InChI=1S/C20H25NO6/c1-4-5-6-15(19(24)25)21-17(23)10-8-14-11(2)13-7-9-16(22)12(3)18(13)27-20(14)26/h7,9,15,22H,4-6,8,10H2,1-3H3,(H,21,23)(H,24,25). The number of aromatic hydroxyl groups is 1. The number of unbranched alkanes of at least 4 members (excludes halogenated alkanes) is 1. The van der Waals surface area contributed by atoms with Crippen LogP contribution >= 0.6 is 0 Å². The van der Waals surface area contributed by atoms with Gasteiger partial charge in [0.1, 0.15) is 17.4 Å². The molecule has 7 heteroatoms. The predicted octanol–water partition coefficient (Wildman–Crippen LogP) is 2.81. The van der Waals surface area contributed by atoms with Crippen molar-refractivity contribution in [3.63, 3.8) is 0 Å². The number of fused-ring (bicyclic) bond motifs is 1. The molecule has 0 aliphatic rings. The Kier molecular flexibility index (Phi) is 6.60. The van der Waals surface area contributed by atoms with Crippen molar-refractivity contribution in [2.45, 2.75) is 58.9 Å². The van der Waals surface area contributed by atoms with Gasteiger partial charge >= 0.3 is 11.6 Å². The average molecular weight is 375 g/mol. The van der Waals surface area contributed by atoms with Gasteiger partial charge in [0, 0.05) is 22.9 Å². The van der Waals surface area contributed by atoms with E-state index in [0.29, 0.717) is 40.5 Å². The van der Waals surface area contributed by atoms with E-state index in [0.717, 1.165) is 6.42 Å². The molecule has 146 valence electrons. The van der Waals surface area contributed by atoms with Crippen LogP contribution in [0.1, 0.15) is 49.3 Å². The van der Waals surface area contributed by atoms with Gasteiger partial charge in [-0.25, -0.2) is 9.59 Å². The Balaban J connectivity index is 2.17. The number of aryl methyl sites for hydroxylation is 2. The summed E-state index contributed by atoms with van der Waals surface area (Å²) in [5.41, 5.74) is 1.33. The van der Waals surface area contributed by atoms with Gasteiger partial charge in [0.2, 0.25) is 5.91 Å². The summed E-state index contributed by atoms with van der Waals surface area (Å²) in [6, 6.07) is 2.29. The second-order valence-electron chi connectivity index (χ2n) is 6.68. The lowest BCUT2D eigenvalue weighted by Crippen LogP contribution is -2.40. The zero-order chi connectivity index (χ0) is 20.1. The fraction of sp³-hybridized carbons (Fsp3) is 0.450. The van der Waals surface area contributed by atoms with E-state index in [9.17, 15) is 24.6 Å². The van der Waals surface area contributed by atoms with Crippen LogP contribution in [0.25, 0.3) is 11.0 Å². The summed E-state index contributed by atoms with van der Waals surface area (Å²) in [6.45, 7) is 5.38. The number of phenols is 1. The summed E-state index contributed by atoms with van der Waals surface area (Å²) in [7, 11) is 0. The molecule has 27 heavy (non-hydrogen) atoms. The predicted molar refractivity (Wildman–Crippen MR) is 101 cm³/mol. The molecule has 1 heterocycles. The second kappa shape index (κ2) is 8.70. The van der Waals surface area contributed by atoms with Crippen molar-refractivity contribution in [3.8, 4) is 5.75 Å². The monoisotopic (exact) mass is 375 g/mol. The Morgan fingerprint density at radius 3 is 2.56 bits per heavy atom. The quantitative estimate of drug-likeness (QED) is 0.611. The highest BCUT2D eigenvalue weighted by atomic mass is 16.4. The number of carbonyl (C=O) groups excluding carboxylic acids is 1. The highest BCUT2D eigenvalue weighted by Gasteiger charge is 2.20. The lowest BCUT2D eigenvalue weighted by atomic mass is 10.00. The van der Waals surface area contributed by atoms with Crippen molar-refractivity contribution >= 4 is 22.8 Å². The average Bonchev–Trinajstić information content (AvgIpc) is 2.61. The Hall–Kier alpha value is -2.83. The van der Waals surface area contributed by atoms with E-state index in [1.807, 2.05) is 6.92 Å². The number of nitrogens with one attached hydrogen (secondary N) is 1. The van der Waals surface area contributed by atoms with Crippen molar-refractivity contribution in [2.24, 2.45) is 0 Å². The maximum atomic E-state index is 12.3. The zero-order valence-corrected chi connectivity index (χ0v) is 15.8. The van der Waals surface area contributed by atoms with Crippen molar-refractivity contribution in [3.05, 3.63) is 39.2 Å². The van der Waals surface area contributed by atoms with E-state index in [2.05, 4.69) is 5.32 Å². The van der Waals surface area contributed by atoms with Gasteiger partial charge in [-0.3, -0.25) is 4.79 Å². The lowest BCUT2D eigenvalue weighted by Gasteiger charge is -2.14. The summed E-state index contributed by atoms with van der Waals surface area (Å²) in [4.78, 5) is 35.7. The minimum absolute atomic E-state index is 0.00984. The fourth-order valence-electron chi connectivity index (χ4n) is 3.04. The van der Waals surface area contributed by atoms with Crippen LogP contribution in [0, 0.1) is 13.8 Å². The molecule has 0 spiro atoms. The summed E-state index contributed by atoms with van der Waals surface area (Å²) in [6.07, 6.45) is 2.06. The number of rotatable bonds is 8. The number of hydrogen-bond donors (Lipinski definition) is 3. The first-order chi connectivity index (χ1) is 12.8. The molecule has 2 aromatic rings. The van der Waals surface area contributed by atoms with Gasteiger partial charge in [-0.15, -0.1) is 0 Å². The van der Waals surface area contributed by atoms with Crippen molar-refractivity contribution in [1.29, 1.82) is 0 Å². The zero-order valence-electron chi connectivity index (χ0n) is 15.8. The summed E-state index contributed by atoms with van der Waals surface area (Å²) in [5, 5.41) is 22.2. The van der Waals surface area contributed by atoms with Crippen LogP contribution in [0.5, 0.6) is 5.75 Å². The number of amides is 1. The van der Waals surface area contributed by atoms with Gasteiger partial charge in [0.05, 0.1) is 0 Å². The number of carboxylic acids is 1. The molecule has 0 fully saturated rings. The molecule has 0 saturated carbocycles. The first kappa shape index (κ1) is 20.5. The minimum atomic E-state index is -1.06. The van der Waals surface area contributed by atoms with Gasteiger partial charge in [0.15, 0.2) is 0 Å². The molecule has 7 nitrogen and oxygen atoms in total.